The van der Waals surface area contributed by atoms with Gasteiger partial charge in [-0.2, -0.15) is 0 Å². The number of sulfonamides is 1. The Morgan fingerprint density at radius 2 is 1.83 bits per heavy atom. The summed E-state index contributed by atoms with van der Waals surface area (Å²) in [5.41, 5.74) is 0.999. The van der Waals surface area contributed by atoms with Crippen molar-refractivity contribution < 1.29 is 13.2 Å². The average molecular weight is 271 g/mol. The van der Waals surface area contributed by atoms with Crippen LogP contribution in [0, 0.1) is 0 Å². The van der Waals surface area contributed by atoms with Gasteiger partial charge in [-0.3, -0.25) is 0 Å². The van der Waals surface area contributed by atoms with Gasteiger partial charge in [0, 0.05) is 6.04 Å². The van der Waals surface area contributed by atoms with Crippen molar-refractivity contribution >= 4 is 10.0 Å². The molecular formula is C13H21NO3S. The number of hydrogen-bond acceptors (Lipinski definition) is 3. The van der Waals surface area contributed by atoms with E-state index in [-0.39, 0.29) is 6.04 Å². The molecule has 1 rings (SSSR count). The van der Waals surface area contributed by atoms with E-state index in [1.807, 2.05) is 31.2 Å². The lowest BCUT2D eigenvalue weighted by molar-refractivity contribution is 0.407. The Morgan fingerprint density at radius 1 is 1.22 bits per heavy atom. The zero-order chi connectivity index (χ0) is 13.8. The van der Waals surface area contributed by atoms with Crippen LogP contribution in [-0.2, 0) is 16.4 Å². The SMILES string of the molecule is COc1ccccc1C[C@@H](C)NS(=O)(=O)C(C)C. The summed E-state index contributed by atoms with van der Waals surface area (Å²) in [5, 5.41) is -0.419. The van der Waals surface area contributed by atoms with Gasteiger partial charge in [0.25, 0.3) is 0 Å². The summed E-state index contributed by atoms with van der Waals surface area (Å²) >= 11 is 0. The molecule has 0 bridgehead atoms. The molecule has 0 aliphatic heterocycles. The molecule has 0 heterocycles. The second-order valence-electron chi connectivity index (χ2n) is 4.63. The number of methoxy groups -OCH3 is 1. The Bertz CT molecular complexity index is 483. The smallest absolute Gasteiger partial charge is 0.214 e. The largest absolute Gasteiger partial charge is 0.496 e. The van der Waals surface area contributed by atoms with Crippen LogP contribution in [0.2, 0.25) is 0 Å². The first-order chi connectivity index (χ1) is 8.36. The van der Waals surface area contributed by atoms with Gasteiger partial charge in [0.1, 0.15) is 5.75 Å². The minimum absolute atomic E-state index is 0.159. The molecular weight excluding hydrogens is 250 g/mol. The van der Waals surface area contributed by atoms with Crippen molar-refractivity contribution in [3.63, 3.8) is 0 Å². The summed E-state index contributed by atoms with van der Waals surface area (Å²) in [6.45, 7) is 5.18. The van der Waals surface area contributed by atoms with E-state index >= 15 is 0 Å². The second-order valence-corrected chi connectivity index (χ2v) is 6.90. The summed E-state index contributed by atoms with van der Waals surface area (Å²) in [5.74, 6) is 0.785. The first kappa shape index (κ1) is 15.0. The number of para-hydroxylation sites is 1. The normalized spacial score (nSPS) is 13.6. The predicted molar refractivity (Wildman–Crippen MR) is 73.4 cm³/mol. The standard InChI is InChI=1S/C13H21NO3S/c1-10(2)18(15,16)14-11(3)9-12-7-5-6-8-13(12)17-4/h5-8,10-11,14H,9H2,1-4H3/t11-/m1/s1. The van der Waals surface area contributed by atoms with Crippen LogP contribution in [0.4, 0.5) is 0 Å². The highest BCUT2D eigenvalue weighted by Crippen LogP contribution is 2.19. The lowest BCUT2D eigenvalue weighted by atomic mass is 10.1. The van der Waals surface area contributed by atoms with E-state index in [2.05, 4.69) is 4.72 Å². The highest BCUT2D eigenvalue weighted by molar-refractivity contribution is 7.90. The van der Waals surface area contributed by atoms with Gasteiger partial charge in [-0.25, -0.2) is 13.1 Å². The molecule has 0 unspecified atom stereocenters. The van der Waals surface area contributed by atoms with Gasteiger partial charge >= 0.3 is 0 Å². The molecule has 4 nitrogen and oxygen atoms in total. The van der Waals surface area contributed by atoms with E-state index in [0.717, 1.165) is 11.3 Å². The molecule has 0 saturated heterocycles. The van der Waals surface area contributed by atoms with E-state index in [9.17, 15) is 8.42 Å². The Hall–Kier alpha value is -1.07. The molecule has 0 aromatic heterocycles. The monoisotopic (exact) mass is 271 g/mol. The van der Waals surface area contributed by atoms with Gasteiger partial charge in [0.2, 0.25) is 10.0 Å². The van der Waals surface area contributed by atoms with Crippen molar-refractivity contribution in [1.82, 2.24) is 4.72 Å². The number of nitrogens with one attached hydrogen (secondary N) is 1. The van der Waals surface area contributed by atoms with Crippen molar-refractivity contribution in [1.29, 1.82) is 0 Å². The van der Waals surface area contributed by atoms with E-state index in [1.54, 1.807) is 21.0 Å². The number of rotatable bonds is 6. The van der Waals surface area contributed by atoms with Crippen LogP contribution in [0.25, 0.3) is 0 Å². The number of ether oxygens (including phenoxy) is 1. The van der Waals surface area contributed by atoms with Crippen molar-refractivity contribution in [2.75, 3.05) is 7.11 Å². The molecule has 18 heavy (non-hydrogen) atoms. The third-order valence-electron chi connectivity index (χ3n) is 2.70. The van der Waals surface area contributed by atoms with Crippen molar-refractivity contribution in [3.8, 4) is 5.75 Å². The summed E-state index contributed by atoms with van der Waals surface area (Å²) in [6, 6.07) is 7.47. The second kappa shape index (κ2) is 6.20. The zero-order valence-electron chi connectivity index (χ0n) is 11.3. The fraction of sp³-hybridized carbons (Fsp3) is 0.538. The molecule has 1 aromatic carbocycles. The van der Waals surface area contributed by atoms with Crippen molar-refractivity contribution in [3.05, 3.63) is 29.8 Å². The summed E-state index contributed by atoms with van der Waals surface area (Å²) in [4.78, 5) is 0. The van der Waals surface area contributed by atoms with E-state index in [0.29, 0.717) is 6.42 Å². The Balaban J connectivity index is 2.74. The third-order valence-corrected chi connectivity index (χ3v) is 4.68. The first-order valence-electron chi connectivity index (χ1n) is 6.00. The number of benzene rings is 1. The van der Waals surface area contributed by atoms with Crippen LogP contribution in [0.3, 0.4) is 0 Å². The molecule has 1 N–H and O–H groups in total. The first-order valence-corrected chi connectivity index (χ1v) is 7.54. The van der Waals surface area contributed by atoms with Gasteiger partial charge in [-0.15, -0.1) is 0 Å². The highest BCUT2D eigenvalue weighted by atomic mass is 32.2. The molecule has 0 radical (unpaired) electrons. The van der Waals surface area contributed by atoms with Gasteiger partial charge in [0.05, 0.1) is 12.4 Å². The minimum atomic E-state index is -3.23. The minimum Gasteiger partial charge on any atom is -0.496 e. The van der Waals surface area contributed by atoms with Crippen LogP contribution in [-0.4, -0.2) is 26.8 Å². The van der Waals surface area contributed by atoms with Crippen LogP contribution < -0.4 is 9.46 Å². The maximum absolute atomic E-state index is 11.7. The van der Waals surface area contributed by atoms with Gasteiger partial charge in [-0.1, -0.05) is 18.2 Å². The topological polar surface area (TPSA) is 55.4 Å². The van der Waals surface area contributed by atoms with Crippen LogP contribution in [0.15, 0.2) is 24.3 Å². The Labute approximate surface area is 109 Å². The summed E-state index contributed by atoms with van der Waals surface area (Å²) in [6.07, 6.45) is 0.607. The molecule has 0 amide bonds. The zero-order valence-corrected chi connectivity index (χ0v) is 12.1. The molecule has 0 spiro atoms. The molecule has 0 aliphatic carbocycles. The summed E-state index contributed by atoms with van der Waals surface area (Å²) in [7, 11) is -1.62. The highest BCUT2D eigenvalue weighted by Gasteiger charge is 2.19. The molecule has 0 fully saturated rings. The average Bonchev–Trinajstić information content (AvgIpc) is 2.28. The van der Waals surface area contributed by atoms with Gasteiger partial charge < -0.3 is 4.74 Å². The van der Waals surface area contributed by atoms with Crippen LogP contribution in [0.1, 0.15) is 26.3 Å². The Morgan fingerprint density at radius 3 is 2.39 bits per heavy atom. The fourth-order valence-corrected chi connectivity index (χ4v) is 2.58. The van der Waals surface area contributed by atoms with Gasteiger partial charge in [-0.05, 0) is 38.8 Å². The van der Waals surface area contributed by atoms with Crippen molar-refractivity contribution in [2.24, 2.45) is 0 Å². The maximum Gasteiger partial charge on any atom is 0.214 e. The quantitative estimate of drug-likeness (QED) is 0.860. The molecule has 1 aromatic rings. The van der Waals surface area contributed by atoms with E-state index in [4.69, 9.17) is 4.74 Å². The van der Waals surface area contributed by atoms with Gasteiger partial charge in [0.15, 0.2) is 0 Å². The van der Waals surface area contributed by atoms with E-state index < -0.39 is 15.3 Å². The van der Waals surface area contributed by atoms with Crippen molar-refractivity contribution in [2.45, 2.75) is 38.5 Å². The third kappa shape index (κ3) is 3.99. The Kier molecular flexibility index (Phi) is 5.16. The van der Waals surface area contributed by atoms with E-state index in [1.165, 1.54) is 0 Å². The maximum atomic E-state index is 11.7. The summed E-state index contributed by atoms with van der Waals surface area (Å²) < 4.78 is 31.4. The molecule has 0 saturated carbocycles. The molecule has 102 valence electrons. The number of hydrogen-bond donors (Lipinski definition) is 1. The van der Waals surface area contributed by atoms with Crippen LogP contribution >= 0.6 is 0 Å². The molecule has 5 heteroatoms. The lowest BCUT2D eigenvalue weighted by Gasteiger charge is -2.17. The van der Waals surface area contributed by atoms with Crippen LogP contribution in [0.5, 0.6) is 5.75 Å². The lowest BCUT2D eigenvalue weighted by Crippen LogP contribution is -2.38. The molecule has 1 atom stereocenters. The predicted octanol–water partition coefficient (Wildman–Crippen LogP) is 1.95. The fourth-order valence-electron chi connectivity index (χ4n) is 1.66. The molecule has 0 aliphatic rings.